The van der Waals surface area contributed by atoms with Gasteiger partial charge in [0.25, 0.3) is 5.22 Å². The lowest BCUT2D eigenvalue weighted by atomic mass is 10.2. The summed E-state index contributed by atoms with van der Waals surface area (Å²) >= 11 is 3.20. The highest BCUT2D eigenvalue weighted by atomic mass is 32.2. The molecule has 2 aromatic carbocycles. The van der Waals surface area contributed by atoms with Crippen molar-refractivity contribution >= 4 is 23.1 Å². The molecule has 0 aliphatic carbocycles. The first-order valence-corrected chi connectivity index (χ1v) is 9.72. The van der Waals surface area contributed by atoms with Crippen LogP contribution in [-0.4, -0.2) is 15.2 Å². The van der Waals surface area contributed by atoms with Gasteiger partial charge in [-0.3, -0.25) is 0 Å². The molecule has 0 spiro atoms. The van der Waals surface area contributed by atoms with E-state index >= 15 is 0 Å². The smallest absolute Gasteiger partial charge is 0.277 e. The minimum atomic E-state index is 0.547. The predicted molar refractivity (Wildman–Crippen MR) is 101 cm³/mol. The summed E-state index contributed by atoms with van der Waals surface area (Å²) < 4.78 is 5.71. The lowest BCUT2D eigenvalue weighted by Gasteiger charge is -1.96. The molecule has 124 valence electrons. The highest BCUT2D eigenvalue weighted by molar-refractivity contribution is 7.98. The first kappa shape index (κ1) is 16.1. The van der Waals surface area contributed by atoms with Gasteiger partial charge in [0.2, 0.25) is 5.89 Å². The SMILES string of the molecule is c1ccc(Cc2nc(CSc3nnc(-c4ccccc4)o3)cs2)cc1. The minimum Gasteiger partial charge on any atom is -0.411 e. The number of thiazole rings is 1. The van der Waals surface area contributed by atoms with Crippen molar-refractivity contribution in [2.75, 3.05) is 0 Å². The maximum Gasteiger partial charge on any atom is 0.277 e. The summed E-state index contributed by atoms with van der Waals surface area (Å²) in [6, 6.07) is 20.2. The third kappa shape index (κ3) is 4.15. The zero-order chi connectivity index (χ0) is 16.9. The van der Waals surface area contributed by atoms with Crippen LogP contribution in [0.15, 0.2) is 75.7 Å². The van der Waals surface area contributed by atoms with E-state index in [2.05, 4.69) is 39.8 Å². The number of thioether (sulfide) groups is 1. The Kier molecular flexibility index (Phi) is 4.90. The van der Waals surface area contributed by atoms with Gasteiger partial charge in [0, 0.05) is 23.1 Å². The Balaban J connectivity index is 1.37. The fourth-order valence-corrected chi connectivity index (χ4v) is 3.96. The maximum absolute atomic E-state index is 5.71. The fourth-order valence-electron chi connectivity index (χ4n) is 2.37. The van der Waals surface area contributed by atoms with Crippen molar-refractivity contribution < 1.29 is 4.42 Å². The number of hydrogen-bond acceptors (Lipinski definition) is 6. The van der Waals surface area contributed by atoms with Crippen molar-refractivity contribution in [2.45, 2.75) is 17.4 Å². The van der Waals surface area contributed by atoms with Crippen molar-refractivity contribution in [3.8, 4) is 11.5 Å². The van der Waals surface area contributed by atoms with Crippen LogP contribution >= 0.6 is 23.1 Å². The van der Waals surface area contributed by atoms with E-state index in [0.29, 0.717) is 11.1 Å². The highest BCUT2D eigenvalue weighted by Crippen LogP contribution is 2.26. The standard InChI is InChI=1S/C19H15N3OS2/c1-3-7-14(8-4-1)11-17-20-16(12-24-17)13-25-19-22-21-18(23-19)15-9-5-2-6-10-15/h1-10,12H,11,13H2. The van der Waals surface area contributed by atoms with E-state index in [1.54, 1.807) is 11.3 Å². The Morgan fingerprint density at radius 3 is 2.48 bits per heavy atom. The van der Waals surface area contributed by atoms with E-state index in [0.717, 1.165) is 28.4 Å². The van der Waals surface area contributed by atoms with Gasteiger partial charge in [0.05, 0.1) is 10.7 Å². The summed E-state index contributed by atoms with van der Waals surface area (Å²) in [4.78, 5) is 4.69. The molecule has 0 N–H and O–H groups in total. The fraction of sp³-hybridized carbons (Fsp3) is 0.105. The Morgan fingerprint density at radius 2 is 1.68 bits per heavy atom. The third-order valence-electron chi connectivity index (χ3n) is 3.57. The highest BCUT2D eigenvalue weighted by Gasteiger charge is 2.10. The summed E-state index contributed by atoms with van der Waals surface area (Å²) in [5.41, 5.74) is 3.25. The average Bonchev–Trinajstić information content (AvgIpc) is 3.31. The van der Waals surface area contributed by atoms with E-state index < -0.39 is 0 Å². The third-order valence-corrected chi connectivity index (χ3v) is 5.32. The van der Waals surface area contributed by atoms with Crippen LogP contribution in [0.2, 0.25) is 0 Å². The van der Waals surface area contributed by atoms with Crippen molar-refractivity contribution in [3.63, 3.8) is 0 Å². The number of benzene rings is 2. The summed E-state index contributed by atoms with van der Waals surface area (Å²) in [7, 11) is 0. The molecule has 4 rings (SSSR count). The molecule has 0 radical (unpaired) electrons. The Bertz CT molecular complexity index is 935. The molecule has 0 amide bonds. The molecular weight excluding hydrogens is 350 g/mol. The van der Waals surface area contributed by atoms with E-state index in [-0.39, 0.29) is 0 Å². The van der Waals surface area contributed by atoms with Crippen LogP contribution in [0.4, 0.5) is 0 Å². The molecule has 2 heterocycles. The van der Waals surface area contributed by atoms with Crippen LogP contribution in [0.1, 0.15) is 16.3 Å². The van der Waals surface area contributed by atoms with E-state index in [1.165, 1.54) is 17.3 Å². The minimum absolute atomic E-state index is 0.547. The van der Waals surface area contributed by atoms with E-state index in [9.17, 15) is 0 Å². The second-order valence-corrected chi connectivity index (χ2v) is 7.29. The van der Waals surface area contributed by atoms with Gasteiger partial charge in [0.1, 0.15) is 0 Å². The summed E-state index contributed by atoms with van der Waals surface area (Å²) in [6.45, 7) is 0. The van der Waals surface area contributed by atoms with Crippen molar-refractivity contribution in [1.82, 2.24) is 15.2 Å². The second kappa shape index (κ2) is 7.63. The monoisotopic (exact) mass is 365 g/mol. The zero-order valence-electron chi connectivity index (χ0n) is 13.3. The van der Waals surface area contributed by atoms with Crippen molar-refractivity contribution in [1.29, 1.82) is 0 Å². The molecule has 0 atom stereocenters. The van der Waals surface area contributed by atoms with Crippen LogP contribution in [-0.2, 0) is 12.2 Å². The molecule has 2 aromatic heterocycles. The summed E-state index contributed by atoms with van der Waals surface area (Å²) in [5.74, 6) is 1.27. The Morgan fingerprint density at radius 1 is 0.920 bits per heavy atom. The van der Waals surface area contributed by atoms with Crippen LogP contribution in [0.5, 0.6) is 0 Å². The number of hydrogen-bond donors (Lipinski definition) is 0. The van der Waals surface area contributed by atoms with Crippen molar-refractivity contribution in [2.24, 2.45) is 0 Å². The van der Waals surface area contributed by atoms with Crippen LogP contribution in [0.25, 0.3) is 11.5 Å². The maximum atomic E-state index is 5.71. The lowest BCUT2D eigenvalue weighted by molar-refractivity contribution is 0.466. The molecule has 4 aromatic rings. The Labute approximate surface area is 154 Å². The quantitative estimate of drug-likeness (QED) is 0.446. The number of nitrogens with zero attached hydrogens (tertiary/aromatic N) is 3. The van der Waals surface area contributed by atoms with Crippen LogP contribution in [0, 0.1) is 0 Å². The topological polar surface area (TPSA) is 51.8 Å². The van der Waals surface area contributed by atoms with Crippen LogP contribution in [0.3, 0.4) is 0 Å². The van der Waals surface area contributed by atoms with Gasteiger partial charge in [-0.2, -0.15) is 0 Å². The van der Waals surface area contributed by atoms with Gasteiger partial charge in [0.15, 0.2) is 0 Å². The lowest BCUT2D eigenvalue weighted by Crippen LogP contribution is -1.88. The zero-order valence-corrected chi connectivity index (χ0v) is 15.0. The Hall–Kier alpha value is -2.44. The first-order valence-electron chi connectivity index (χ1n) is 7.86. The molecule has 4 nitrogen and oxygen atoms in total. The number of aromatic nitrogens is 3. The second-order valence-electron chi connectivity index (χ2n) is 5.42. The molecule has 0 saturated heterocycles. The molecule has 0 fully saturated rings. The van der Waals surface area contributed by atoms with Gasteiger partial charge in [-0.1, -0.05) is 60.3 Å². The molecule has 0 saturated carbocycles. The molecule has 25 heavy (non-hydrogen) atoms. The van der Waals surface area contributed by atoms with Gasteiger partial charge < -0.3 is 4.42 Å². The van der Waals surface area contributed by atoms with Gasteiger partial charge in [-0.15, -0.1) is 21.5 Å². The van der Waals surface area contributed by atoms with Gasteiger partial charge >= 0.3 is 0 Å². The first-order chi connectivity index (χ1) is 12.4. The molecule has 0 aliphatic heterocycles. The molecule has 0 bridgehead atoms. The molecule has 6 heteroatoms. The number of rotatable bonds is 6. The normalized spacial score (nSPS) is 10.9. The predicted octanol–water partition coefficient (Wildman–Crippen LogP) is 5.08. The molecule has 0 unspecified atom stereocenters. The molecular formula is C19H15N3OS2. The summed E-state index contributed by atoms with van der Waals surface area (Å²) in [5, 5.41) is 12.0. The summed E-state index contributed by atoms with van der Waals surface area (Å²) in [6.07, 6.45) is 0.870. The van der Waals surface area contributed by atoms with Gasteiger partial charge in [-0.25, -0.2) is 4.98 Å². The van der Waals surface area contributed by atoms with Crippen LogP contribution < -0.4 is 0 Å². The van der Waals surface area contributed by atoms with Crippen molar-refractivity contribution in [3.05, 3.63) is 82.3 Å². The van der Waals surface area contributed by atoms with E-state index in [4.69, 9.17) is 9.40 Å². The largest absolute Gasteiger partial charge is 0.411 e. The molecule has 0 aliphatic rings. The average molecular weight is 365 g/mol. The van der Waals surface area contributed by atoms with E-state index in [1.807, 2.05) is 36.4 Å². The van der Waals surface area contributed by atoms with Gasteiger partial charge in [-0.05, 0) is 17.7 Å².